The third kappa shape index (κ3) is 4.34. The van der Waals surface area contributed by atoms with E-state index in [9.17, 15) is 8.42 Å². The van der Waals surface area contributed by atoms with Crippen LogP contribution in [0.15, 0.2) is 71.6 Å². The molecule has 1 aliphatic carbocycles. The van der Waals surface area contributed by atoms with Crippen molar-refractivity contribution in [2.45, 2.75) is 30.2 Å². The zero-order valence-corrected chi connectivity index (χ0v) is 21.3. The Morgan fingerprint density at radius 3 is 2.60 bits per heavy atom. The number of nitrogens with one attached hydrogen (secondary N) is 2. The van der Waals surface area contributed by atoms with E-state index in [0.717, 1.165) is 40.3 Å². The molecule has 8 heteroatoms. The van der Waals surface area contributed by atoms with Gasteiger partial charge in [0.25, 0.3) is 10.0 Å². The number of hydrogen-bond acceptors (Lipinski definition) is 5. The molecule has 0 amide bonds. The summed E-state index contributed by atoms with van der Waals surface area (Å²) >= 11 is 6.08. The van der Waals surface area contributed by atoms with Gasteiger partial charge >= 0.3 is 0 Å². The van der Waals surface area contributed by atoms with Gasteiger partial charge in [-0.15, -0.1) is 0 Å². The molecule has 35 heavy (non-hydrogen) atoms. The summed E-state index contributed by atoms with van der Waals surface area (Å²) in [5.74, 6) is 1.81. The van der Waals surface area contributed by atoms with Crippen LogP contribution in [0.4, 0.5) is 11.4 Å². The molecule has 3 atom stereocenters. The van der Waals surface area contributed by atoms with Crippen LogP contribution in [-0.2, 0) is 10.0 Å². The summed E-state index contributed by atoms with van der Waals surface area (Å²) in [6.07, 6.45) is 5.23. The average molecular weight is 511 g/mol. The van der Waals surface area contributed by atoms with Crippen LogP contribution >= 0.6 is 11.6 Å². The van der Waals surface area contributed by atoms with Crippen molar-refractivity contribution in [3.8, 4) is 11.5 Å². The van der Waals surface area contributed by atoms with E-state index < -0.39 is 10.0 Å². The Morgan fingerprint density at radius 1 is 1.00 bits per heavy atom. The third-order valence-electron chi connectivity index (χ3n) is 6.86. The molecule has 182 valence electrons. The number of anilines is 2. The van der Waals surface area contributed by atoms with Crippen molar-refractivity contribution in [3.63, 3.8) is 0 Å². The lowest BCUT2D eigenvalue weighted by atomic mass is 9.77. The lowest BCUT2D eigenvalue weighted by Gasteiger charge is -2.38. The maximum Gasteiger partial charge on any atom is 0.261 e. The number of rotatable bonds is 6. The highest BCUT2D eigenvalue weighted by atomic mass is 35.5. The van der Waals surface area contributed by atoms with Crippen molar-refractivity contribution >= 4 is 33.0 Å². The molecule has 5 rings (SSSR count). The van der Waals surface area contributed by atoms with Crippen LogP contribution in [0.3, 0.4) is 0 Å². The molecule has 3 aromatic rings. The van der Waals surface area contributed by atoms with Crippen LogP contribution in [0.2, 0.25) is 5.02 Å². The summed E-state index contributed by atoms with van der Waals surface area (Å²) < 4.78 is 40.2. The summed E-state index contributed by atoms with van der Waals surface area (Å²) in [4.78, 5) is 0.219. The first-order chi connectivity index (χ1) is 16.8. The topological polar surface area (TPSA) is 76.7 Å². The summed E-state index contributed by atoms with van der Waals surface area (Å²) in [6.45, 7) is 1.84. The summed E-state index contributed by atoms with van der Waals surface area (Å²) in [5, 5.41) is 4.12. The lowest BCUT2D eigenvalue weighted by molar-refractivity contribution is 0.372. The van der Waals surface area contributed by atoms with Gasteiger partial charge in [0.2, 0.25) is 0 Å². The standard InChI is InChI=1S/C27H27ClN2O4S/c1-16-7-8-17(28)13-25(16)30-35(31,32)19-10-12-24-23(15-19)20-5-4-6-21(20)27(29-24)22-11-9-18(33-2)14-26(22)34-3/h4-5,7-15,20-21,27,29-30H,6H2,1-3H3/t20-,21+,27-/m0/s1. The van der Waals surface area contributed by atoms with Gasteiger partial charge < -0.3 is 14.8 Å². The number of halogens is 1. The quantitative estimate of drug-likeness (QED) is 0.381. The number of methoxy groups -OCH3 is 2. The lowest BCUT2D eigenvalue weighted by Crippen LogP contribution is -2.29. The molecule has 0 fully saturated rings. The molecule has 0 saturated heterocycles. The number of sulfonamides is 1. The fraction of sp³-hybridized carbons (Fsp3) is 0.259. The van der Waals surface area contributed by atoms with Gasteiger partial charge in [-0.1, -0.05) is 29.8 Å². The third-order valence-corrected chi connectivity index (χ3v) is 8.46. The number of aryl methyl sites for hydroxylation is 1. The molecule has 6 nitrogen and oxygen atoms in total. The summed E-state index contributed by atoms with van der Waals surface area (Å²) in [6, 6.07) is 16.3. The monoisotopic (exact) mass is 510 g/mol. The average Bonchev–Trinajstić information content (AvgIpc) is 3.35. The van der Waals surface area contributed by atoms with Gasteiger partial charge in [-0.25, -0.2) is 8.42 Å². The Labute approximate surface area is 211 Å². The van der Waals surface area contributed by atoms with Crippen molar-refractivity contribution < 1.29 is 17.9 Å². The van der Waals surface area contributed by atoms with E-state index in [1.165, 1.54) is 0 Å². The summed E-state index contributed by atoms with van der Waals surface area (Å²) in [5.41, 5.74) is 4.20. The second-order valence-corrected chi connectivity index (χ2v) is 11.0. The normalized spacial score (nSPS) is 20.5. The van der Waals surface area contributed by atoms with Crippen LogP contribution in [-0.4, -0.2) is 22.6 Å². The molecule has 1 heterocycles. The smallest absolute Gasteiger partial charge is 0.261 e. The molecule has 1 aliphatic heterocycles. The molecule has 0 aromatic heterocycles. The van der Waals surface area contributed by atoms with Gasteiger partial charge in [0, 0.05) is 28.3 Å². The Kier molecular flexibility index (Phi) is 6.15. The molecule has 2 N–H and O–H groups in total. The van der Waals surface area contributed by atoms with E-state index in [0.29, 0.717) is 10.7 Å². The molecular weight excluding hydrogens is 484 g/mol. The SMILES string of the molecule is COc1ccc([C@H]2Nc3ccc(S(=O)(=O)Nc4cc(Cl)ccc4C)cc3[C@H]3C=CC[C@H]32)c(OC)c1. The van der Waals surface area contributed by atoms with E-state index in [4.69, 9.17) is 21.1 Å². The molecule has 0 unspecified atom stereocenters. The van der Waals surface area contributed by atoms with Crippen molar-refractivity contribution in [1.29, 1.82) is 0 Å². The van der Waals surface area contributed by atoms with Gasteiger partial charge in [0.15, 0.2) is 0 Å². The van der Waals surface area contributed by atoms with Crippen molar-refractivity contribution in [1.82, 2.24) is 0 Å². The number of allylic oxidation sites excluding steroid dienone is 2. The van der Waals surface area contributed by atoms with Crippen LogP contribution in [0.25, 0.3) is 0 Å². The Balaban J connectivity index is 1.50. The number of hydrogen-bond donors (Lipinski definition) is 2. The van der Waals surface area contributed by atoms with E-state index in [1.54, 1.807) is 44.6 Å². The first-order valence-corrected chi connectivity index (χ1v) is 13.2. The van der Waals surface area contributed by atoms with Gasteiger partial charge in [-0.3, -0.25) is 4.72 Å². The minimum atomic E-state index is -3.79. The number of benzene rings is 3. The molecule has 0 spiro atoms. The van der Waals surface area contributed by atoms with Gasteiger partial charge in [-0.05, 0) is 72.9 Å². The zero-order chi connectivity index (χ0) is 24.7. The second-order valence-electron chi connectivity index (χ2n) is 8.90. The Hall–Kier alpha value is -3.16. The molecule has 0 radical (unpaired) electrons. The van der Waals surface area contributed by atoms with Crippen LogP contribution in [0, 0.1) is 12.8 Å². The molecule has 0 bridgehead atoms. The van der Waals surface area contributed by atoms with Gasteiger partial charge in [0.1, 0.15) is 11.5 Å². The van der Waals surface area contributed by atoms with Crippen molar-refractivity contribution in [2.24, 2.45) is 5.92 Å². The fourth-order valence-electron chi connectivity index (χ4n) is 5.03. The predicted molar refractivity (Wildman–Crippen MR) is 139 cm³/mol. The highest BCUT2D eigenvalue weighted by molar-refractivity contribution is 7.92. The first-order valence-electron chi connectivity index (χ1n) is 11.4. The maximum atomic E-state index is 13.3. The van der Waals surface area contributed by atoms with E-state index in [-0.39, 0.29) is 22.8 Å². The van der Waals surface area contributed by atoms with E-state index in [1.807, 2.05) is 31.2 Å². The van der Waals surface area contributed by atoms with Gasteiger partial charge in [0.05, 0.1) is 30.8 Å². The highest BCUT2D eigenvalue weighted by Gasteiger charge is 2.39. The number of ether oxygens (including phenoxy) is 2. The van der Waals surface area contributed by atoms with Crippen LogP contribution in [0.1, 0.15) is 35.1 Å². The minimum absolute atomic E-state index is 0.0121. The molecule has 3 aromatic carbocycles. The van der Waals surface area contributed by atoms with Crippen LogP contribution < -0.4 is 19.5 Å². The Bertz CT molecular complexity index is 1420. The Morgan fingerprint density at radius 2 is 1.83 bits per heavy atom. The second kappa shape index (κ2) is 9.13. The first kappa shape index (κ1) is 23.6. The highest BCUT2D eigenvalue weighted by Crippen LogP contribution is 2.51. The number of fused-ring (bicyclic) bond motifs is 3. The van der Waals surface area contributed by atoms with E-state index >= 15 is 0 Å². The predicted octanol–water partition coefficient (Wildman–Crippen LogP) is 6.29. The molecular formula is C27H27ClN2O4S. The maximum absolute atomic E-state index is 13.3. The molecule has 2 aliphatic rings. The van der Waals surface area contributed by atoms with Crippen molar-refractivity contribution in [2.75, 3.05) is 24.3 Å². The van der Waals surface area contributed by atoms with E-state index in [2.05, 4.69) is 22.2 Å². The largest absolute Gasteiger partial charge is 0.497 e. The summed E-state index contributed by atoms with van der Waals surface area (Å²) in [7, 11) is -0.502. The fourth-order valence-corrected chi connectivity index (χ4v) is 6.36. The molecule has 0 saturated carbocycles. The van der Waals surface area contributed by atoms with Crippen molar-refractivity contribution in [3.05, 3.63) is 88.5 Å². The zero-order valence-electron chi connectivity index (χ0n) is 19.7. The van der Waals surface area contributed by atoms with Crippen LogP contribution in [0.5, 0.6) is 11.5 Å². The van der Waals surface area contributed by atoms with Gasteiger partial charge in [-0.2, -0.15) is 0 Å². The minimum Gasteiger partial charge on any atom is -0.497 e.